The highest BCUT2D eigenvalue weighted by molar-refractivity contribution is 9.10. The van der Waals surface area contributed by atoms with Crippen LogP contribution < -0.4 is 5.73 Å². The molecule has 0 saturated carbocycles. The standard InChI is InChI=1S/C11H18BrN3O/c1-5-11(4,13)10(16)9-8(12)6-14-15(9)7(2)3/h6-7H,5,13H2,1-4H3. The van der Waals surface area contributed by atoms with Gasteiger partial charge in [0.2, 0.25) is 5.78 Å². The van der Waals surface area contributed by atoms with E-state index < -0.39 is 5.54 Å². The molecule has 1 aromatic rings. The van der Waals surface area contributed by atoms with Gasteiger partial charge in [0.15, 0.2) is 0 Å². The number of Topliss-reactive ketones (excluding diaryl/α,β-unsaturated/α-hetero) is 1. The van der Waals surface area contributed by atoms with E-state index in [4.69, 9.17) is 5.73 Å². The van der Waals surface area contributed by atoms with Crippen molar-refractivity contribution in [1.29, 1.82) is 0 Å². The van der Waals surface area contributed by atoms with Crippen LogP contribution in [0.5, 0.6) is 0 Å². The third-order valence-electron chi connectivity index (χ3n) is 2.71. The molecular weight excluding hydrogens is 270 g/mol. The number of hydrogen-bond donors (Lipinski definition) is 1. The minimum Gasteiger partial charge on any atom is -0.319 e. The van der Waals surface area contributed by atoms with Gasteiger partial charge in [-0.15, -0.1) is 0 Å². The lowest BCUT2D eigenvalue weighted by atomic mass is 9.92. The average Bonchev–Trinajstić information content (AvgIpc) is 2.59. The SMILES string of the molecule is CCC(C)(N)C(=O)c1c(Br)cnn1C(C)C. The maximum Gasteiger partial charge on any atom is 0.201 e. The van der Waals surface area contributed by atoms with Crippen molar-refractivity contribution < 1.29 is 4.79 Å². The molecule has 16 heavy (non-hydrogen) atoms. The minimum absolute atomic E-state index is 0.0759. The van der Waals surface area contributed by atoms with Gasteiger partial charge in [0, 0.05) is 6.04 Å². The Bertz CT molecular complexity index is 396. The Morgan fingerprint density at radius 3 is 2.69 bits per heavy atom. The van der Waals surface area contributed by atoms with E-state index in [-0.39, 0.29) is 11.8 Å². The highest BCUT2D eigenvalue weighted by Gasteiger charge is 2.32. The Labute approximate surface area is 104 Å². The molecule has 1 unspecified atom stereocenters. The number of hydrogen-bond acceptors (Lipinski definition) is 3. The van der Waals surface area contributed by atoms with Crippen LogP contribution in [0, 0.1) is 0 Å². The lowest BCUT2D eigenvalue weighted by molar-refractivity contribution is 0.0883. The lowest BCUT2D eigenvalue weighted by Gasteiger charge is -2.22. The van der Waals surface area contributed by atoms with Gasteiger partial charge >= 0.3 is 0 Å². The molecule has 0 bridgehead atoms. The number of nitrogens with zero attached hydrogens (tertiary/aromatic N) is 2. The number of halogens is 1. The Balaban J connectivity index is 3.22. The van der Waals surface area contributed by atoms with Crippen LogP contribution in [0.2, 0.25) is 0 Å². The first-order chi connectivity index (χ1) is 7.31. The Hall–Kier alpha value is -0.680. The maximum absolute atomic E-state index is 12.3. The first-order valence-electron chi connectivity index (χ1n) is 5.38. The van der Waals surface area contributed by atoms with Gasteiger partial charge in [0.1, 0.15) is 5.69 Å². The maximum atomic E-state index is 12.3. The monoisotopic (exact) mass is 287 g/mol. The van der Waals surface area contributed by atoms with E-state index in [1.807, 2.05) is 20.8 Å². The minimum atomic E-state index is -0.838. The third kappa shape index (κ3) is 2.35. The van der Waals surface area contributed by atoms with E-state index in [9.17, 15) is 4.79 Å². The molecule has 2 N–H and O–H groups in total. The van der Waals surface area contributed by atoms with Crippen LogP contribution >= 0.6 is 15.9 Å². The number of rotatable bonds is 4. The fraction of sp³-hybridized carbons (Fsp3) is 0.636. The molecular formula is C11H18BrN3O. The van der Waals surface area contributed by atoms with Crippen molar-refractivity contribution in [3.63, 3.8) is 0 Å². The summed E-state index contributed by atoms with van der Waals surface area (Å²) < 4.78 is 2.41. The number of carbonyl (C=O) groups is 1. The van der Waals surface area contributed by atoms with Crippen LogP contribution in [-0.4, -0.2) is 21.1 Å². The van der Waals surface area contributed by atoms with Crippen LogP contribution in [0.4, 0.5) is 0 Å². The molecule has 5 heteroatoms. The first-order valence-corrected chi connectivity index (χ1v) is 6.17. The Morgan fingerprint density at radius 1 is 1.69 bits per heavy atom. The van der Waals surface area contributed by atoms with E-state index in [1.54, 1.807) is 17.8 Å². The van der Waals surface area contributed by atoms with Gasteiger partial charge in [-0.2, -0.15) is 5.10 Å². The van der Waals surface area contributed by atoms with Gasteiger partial charge < -0.3 is 5.73 Å². The predicted octanol–water partition coefficient (Wildman–Crippen LogP) is 2.54. The van der Waals surface area contributed by atoms with E-state index >= 15 is 0 Å². The summed E-state index contributed by atoms with van der Waals surface area (Å²) in [5.41, 5.74) is 5.70. The summed E-state index contributed by atoms with van der Waals surface area (Å²) in [6.45, 7) is 7.62. The molecule has 0 saturated heterocycles. The van der Waals surface area contributed by atoms with Gasteiger partial charge in [0.25, 0.3) is 0 Å². The zero-order valence-corrected chi connectivity index (χ0v) is 11.7. The molecule has 0 aliphatic heterocycles. The summed E-state index contributed by atoms with van der Waals surface area (Å²) in [4.78, 5) is 12.3. The van der Waals surface area contributed by atoms with E-state index in [0.717, 1.165) is 0 Å². The number of ketones is 1. The summed E-state index contributed by atoms with van der Waals surface area (Å²) in [5, 5.41) is 4.18. The van der Waals surface area contributed by atoms with Gasteiger partial charge in [0.05, 0.1) is 16.2 Å². The lowest BCUT2D eigenvalue weighted by Crippen LogP contribution is -2.45. The quantitative estimate of drug-likeness (QED) is 0.866. The van der Waals surface area contributed by atoms with E-state index in [2.05, 4.69) is 21.0 Å². The van der Waals surface area contributed by atoms with E-state index in [1.165, 1.54) is 0 Å². The van der Waals surface area contributed by atoms with Crippen molar-refractivity contribution >= 4 is 21.7 Å². The zero-order valence-electron chi connectivity index (χ0n) is 10.1. The zero-order chi connectivity index (χ0) is 12.5. The fourth-order valence-corrected chi connectivity index (χ4v) is 1.83. The van der Waals surface area contributed by atoms with Crippen molar-refractivity contribution in [3.05, 3.63) is 16.4 Å². The third-order valence-corrected chi connectivity index (χ3v) is 3.29. The summed E-state index contributed by atoms with van der Waals surface area (Å²) >= 11 is 3.35. The molecule has 4 nitrogen and oxygen atoms in total. The van der Waals surface area contributed by atoms with Crippen LogP contribution in [-0.2, 0) is 0 Å². The summed E-state index contributed by atoms with van der Waals surface area (Å²) in [6, 6.07) is 0.137. The normalized spacial score (nSPS) is 15.2. The van der Waals surface area contributed by atoms with Crippen molar-refractivity contribution in [2.24, 2.45) is 5.73 Å². The number of carbonyl (C=O) groups excluding carboxylic acids is 1. The molecule has 0 spiro atoms. The van der Waals surface area contributed by atoms with Crippen molar-refractivity contribution in [3.8, 4) is 0 Å². The molecule has 1 aromatic heterocycles. The highest BCUT2D eigenvalue weighted by Crippen LogP contribution is 2.24. The molecule has 0 fully saturated rings. The molecule has 0 radical (unpaired) electrons. The van der Waals surface area contributed by atoms with Crippen molar-refractivity contribution in [2.45, 2.75) is 45.7 Å². The second kappa shape index (κ2) is 4.67. The van der Waals surface area contributed by atoms with Gasteiger partial charge in [-0.05, 0) is 43.1 Å². The second-order valence-electron chi connectivity index (χ2n) is 4.48. The fourth-order valence-electron chi connectivity index (χ4n) is 1.38. The van der Waals surface area contributed by atoms with Crippen molar-refractivity contribution in [1.82, 2.24) is 9.78 Å². The number of aromatic nitrogens is 2. The van der Waals surface area contributed by atoms with Crippen LogP contribution in [0.3, 0.4) is 0 Å². The summed E-state index contributed by atoms with van der Waals surface area (Å²) in [7, 11) is 0. The second-order valence-corrected chi connectivity index (χ2v) is 5.33. The molecule has 0 amide bonds. The van der Waals surface area contributed by atoms with Crippen LogP contribution in [0.25, 0.3) is 0 Å². The highest BCUT2D eigenvalue weighted by atomic mass is 79.9. The molecule has 0 aromatic carbocycles. The summed E-state index contributed by atoms with van der Waals surface area (Å²) in [5.74, 6) is -0.0759. The predicted molar refractivity (Wildman–Crippen MR) is 67.5 cm³/mol. The first kappa shape index (κ1) is 13.4. The average molecular weight is 288 g/mol. The Kier molecular flexibility index (Phi) is 3.91. The molecule has 90 valence electrons. The molecule has 0 aliphatic carbocycles. The summed E-state index contributed by atoms with van der Waals surface area (Å²) in [6.07, 6.45) is 2.24. The van der Waals surface area contributed by atoms with Crippen molar-refractivity contribution in [2.75, 3.05) is 0 Å². The molecule has 1 heterocycles. The van der Waals surface area contributed by atoms with Gasteiger partial charge in [-0.3, -0.25) is 9.48 Å². The van der Waals surface area contributed by atoms with Gasteiger partial charge in [-0.1, -0.05) is 6.92 Å². The Morgan fingerprint density at radius 2 is 2.25 bits per heavy atom. The van der Waals surface area contributed by atoms with Crippen LogP contribution in [0.15, 0.2) is 10.7 Å². The van der Waals surface area contributed by atoms with Crippen LogP contribution in [0.1, 0.15) is 50.6 Å². The van der Waals surface area contributed by atoms with Gasteiger partial charge in [-0.25, -0.2) is 0 Å². The smallest absolute Gasteiger partial charge is 0.201 e. The largest absolute Gasteiger partial charge is 0.319 e. The van der Waals surface area contributed by atoms with E-state index in [0.29, 0.717) is 16.6 Å². The molecule has 0 aliphatic rings. The topological polar surface area (TPSA) is 60.9 Å². The molecule has 1 atom stereocenters. The number of nitrogens with two attached hydrogens (primary N) is 1. The molecule has 1 rings (SSSR count).